The van der Waals surface area contributed by atoms with Crippen molar-refractivity contribution in [2.75, 3.05) is 13.2 Å². The van der Waals surface area contributed by atoms with Crippen molar-refractivity contribution in [3.05, 3.63) is 21.4 Å². The van der Waals surface area contributed by atoms with Crippen LogP contribution in [0.4, 0.5) is 0 Å². The molecule has 108 valence electrons. The van der Waals surface area contributed by atoms with E-state index in [1.807, 2.05) is 26.2 Å². The van der Waals surface area contributed by atoms with Crippen LogP contribution in [0.3, 0.4) is 0 Å². The third-order valence-corrected chi connectivity index (χ3v) is 3.88. The summed E-state index contributed by atoms with van der Waals surface area (Å²) < 4.78 is 16.1. The molecule has 1 aliphatic rings. The summed E-state index contributed by atoms with van der Waals surface area (Å²) in [4.78, 5) is 12.4. The molecule has 0 bridgehead atoms. The number of carbonyl (C=O) groups is 1. The third kappa shape index (κ3) is 3.40. The van der Waals surface area contributed by atoms with Crippen LogP contribution in [0.1, 0.15) is 41.6 Å². The van der Waals surface area contributed by atoms with Gasteiger partial charge in [-0.05, 0) is 38.6 Å². The van der Waals surface area contributed by atoms with Crippen LogP contribution < -0.4 is 0 Å². The molecule has 0 amide bonds. The molecular formula is C15H18O4S. The largest absolute Gasteiger partial charge is 0.462 e. The third-order valence-electron chi connectivity index (χ3n) is 2.80. The minimum Gasteiger partial charge on any atom is -0.462 e. The predicted octanol–water partition coefficient (Wildman–Crippen LogP) is 2.74. The SMILES string of the molecule is CCOC(=O)c1scc(C)c1C#C[C@@H]1COC(C)(C)O1. The first-order chi connectivity index (χ1) is 9.43. The van der Waals surface area contributed by atoms with E-state index in [0.29, 0.717) is 18.1 Å². The molecule has 0 unspecified atom stereocenters. The Labute approximate surface area is 123 Å². The van der Waals surface area contributed by atoms with Crippen LogP contribution in [0.15, 0.2) is 5.38 Å². The number of rotatable bonds is 2. The molecule has 0 aromatic carbocycles. The number of thiophene rings is 1. The zero-order chi connectivity index (χ0) is 14.8. The fraction of sp³-hybridized carbons (Fsp3) is 0.533. The summed E-state index contributed by atoms with van der Waals surface area (Å²) in [5, 5.41) is 1.91. The summed E-state index contributed by atoms with van der Waals surface area (Å²) in [7, 11) is 0. The highest BCUT2D eigenvalue weighted by Gasteiger charge is 2.31. The highest BCUT2D eigenvalue weighted by Crippen LogP contribution is 2.24. The average Bonchev–Trinajstić information content (AvgIpc) is 2.90. The second kappa shape index (κ2) is 5.96. The molecule has 1 atom stereocenters. The summed E-state index contributed by atoms with van der Waals surface area (Å²) in [6.07, 6.45) is -0.264. The van der Waals surface area contributed by atoms with E-state index in [4.69, 9.17) is 14.2 Å². The zero-order valence-corrected chi connectivity index (χ0v) is 12.9. The Bertz CT molecular complexity index is 562. The van der Waals surface area contributed by atoms with Crippen LogP contribution >= 0.6 is 11.3 Å². The summed E-state index contributed by atoms with van der Waals surface area (Å²) in [5.74, 6) is 5.14. The van der Waals surface area contributed by atoms with Crippen molar-refractivity contribution in [2.24, 2.45) is 0 Å². The fourth-order valence-corrected chi connectivity index (χ4v) is 2.75. The van der Waals surface area contributed by atoms with Crippen molar-refractivity contribution in [2.45, 2.75) is 39.6 Å². The number of carbonyl (C=O) groups excluding carboxylic acids is 1. The molecule has 2 heterocycles. The first kappa shape index (κ1) is 15.0. The summed E-state index contributed by atoms with van der Waals surface area (Å²) in [6, 6.07) is 0. The highest BCUT2D eigenvalue weighted by atomic mass is 32.1. The molecule has 20 heavy (non-hydrogen) atoms. The standard InChI is InChI=1S/C15H18O4S/c1-5-17-14(16)13-12(10(2)9-20-13)7-6-11-8-18-15(3,4)19-11/h9,11H,5,8H2,1-4H3/t11-/m1/s1. The van der Waals surface area contributed by atoms with E-state index in [0.717, 1.165) is 11.1 Å². The van der Waals surface area contributed by atoms with Gasteiger partial charge >= 0.3 is 5.97 Å². The molecule has 2 rings (SSSR count). The number of esters is 1. The lowest BCUT2D eigenvalue weighted by molar-refractivity contribution is -0.132. The van der Waals surface area contributed by atoms with E-state index >= 15 is 0 Å². The van der Waals surface area contributed by atoms with E-state index < -0.39 is 5.79 Å². The van der Waals surface area contributed by atoms with Gasteiger partial charge in [-0.15, -0.1) is 11.3 Å². The Hall–Kier alpha value is -1.35. The lowest BCUT2D eigenvalue weighted by Crippen LogP contribution is -2.20. The van der Waals surface area contributed by atoms with Gasteiger partial charge in [-0.2, -0.15) is 0 Å². The zero-order valence-electron chi connectivity index (χ0n) is 12.1. The van der Waals surface area contributed by atoms with E-state index in [1.165, 1.54) is 11.3 Å². The first-order valence-electron chi connectivity index (χ1n) is 6.51. The fourth-order valence-electron chi connectivity index (χ4n) is 1.86. The van der Waals surface area contributed by atoms with Gasteiger partial charge in [0.15, 0.2) is 5.79 Å². The van der Waals surface area contributed by atoms with Crippen LogP contribution in [0.25, 0.3) is 0 Å². The van der Waals surface area contributed by atoms with Gasteiger partial charge in [-0.25, -0.2) is 4.79 Å². The van der Waals surface area contributed by atoms with Gasteiger partial charge < -0.3 is 14.2 Å². The summed E-state index contributed by atoms with van der Waals surface area (Å²) >= 11 is 1.36. The first-order valence-corrected chi connectivity index (χ1v) is 7.39. The molecule has 0 N–H and O–H groups in total. The van der Waals surface area contributed by atoms with E-state index in [9.17, 15) is 4.79 Å². The van der Waals surface area contributed by atoms with Gasteiger partial charge in [0, 0.05) is 0 Å². The summed E-state index contributed by atoms with van der Waals surface area (Å²) in [5.41, 5.74) is 1.70. The van der Waals surface area contributed by atoms with Crippen LogP contribution in [-0.2, 0) is 14.2 Å². The van der Waals surface area contributed by atoms with Crippen LogP contribution in [0.2, 0.25) is 0 Å². The van der Waals surface area contributed by atoms with Crippen molar-refractivity contribution in [1.29, 1.82) is 0 Å². The van der Waals surface area contributed by atoms with Gasteiger partial charge in [-0.3, -0.25) is 0 Å². The lowest BCUT2D eigenvalue weighted by atomic mass is 10.1. The Balaban J connectivity index is 2.18. The molecule has 0 spiro atoms. The second-order valence-electron chi connectivity index (χ2n) is 4.93. The van der Waals surface area contributed by atoms with Gasteiger partial charge in [0.25, 0.3) is 0 Å². The molecule has 1 aromatic heterocycles. The van der Waals surface area contributed by atoms with E-state index in [1.54, 1.807) is 6.92 Å². The van der Waals surface area contributed by atoms with Crippen molar-refractivity contribution in [3.8, 4) is 11.8 Å². The minimum atomic E-state index is -0.590. The normalized spacial score (nSPS) is 20.3. The van der Waals surface area contributed by atoms with Crippen LogP contribution in [0.5, 0.6) is 0 Å². The minimum absolute atomic E-state index is 0.264. The molecule has 5 heteroatoms. The molecule has 4 nitrogen and oxygen atoms in total. The van der Waals surface area contributed by atoms with Gasteiger partial charge in [0.05, 0.1) is 18.8 Å². The van der Waals surface area contributed by atoms with E-state index in [2.05, 4.69) is 11.8 Å². The molecule has 1 saturated heterocycles. The number of ether oxygens (including phenoxy) is 3. The van der Waals surface area contributed by atoms with Crippen LogP contribution in [0, 0.1) is 18.8 Å². The van der Waals surface area contributed by atoms with Gasteiger partial charge in [0.2, 0.25) is 0 Å². The quantitative estimate of drug-likeness (QED) is 0.621. The molecule has 1 aliphatic heterocycles. The van der Waals surface area contributed by atoms with Crippen LogP contribution in [-0.4, -0.2) is 31.1 Å². The Kier molecular flexibility index (Phi) is 4.48. The molecular weight excluding hydrogens is 276 g/mol. The molecule has 0 radical (unpaired) electrons. The maximum absolute atomic E-state index is 11.8. The van der Waals surface area contributed by atoms with E-state index in [-0.39, 0.29) is 12.1 Å². The monoisotopic (exact) mass is 294 g/mol. The van der Waals surface area contributed by atoms with Crippen molar-refractivity contribution >= 4 is 17.3 Å². The Morgan fingerprint density at radius 1 is 1.60 bits per heavy atom. The molecule has 0 saturated carbocycles. The predicted molar refractivity (Wildman–Crippen MR) is 76.8 cm³/mol. The average molecular weight is 294 g/mol. The van der Waals surface area contributed by atoms with Crippen molar-refractivity contribution in [3.63, 3.8) is 0 Å². The maximum Gasteiger partial charge on any atom is 0.349 e. The van der Waals surface area contributed by atoms with Gasteiger partial charge in [0.1, 0.15) is 11.0 Å². The Morgan fingerprint density at radius 3 is 2.95 bits per heavy atom. The smallest absolute Gasteiger partial charge is 0.349 e. The number of aryl methyl sites for hydroxylation is 1. The lowest BCUT2D eigenvalue weighted by Gasteiger charge is -2.14. The molecule has 1 fully saturated rings. The van der Waals surface area contributed by atoms with Gasteiger partial charge in [-0.1, -0.05) is 11.8 Å². The summed E-state index contributed by atoms with van der Waals surface area (Å²) in [6.45, 7) is 8.23. The maximum atomic E-state index is 11.8. The molecule has 0 aliphatic carbocycles. The van der Waals surface area contributed by atoms with Crippen molar-refractivity contribution in [1.82, 2.24) is 0 Å². The highest BCUT2D eigenvalue weighted by molar-refractivity contribution is 7.12. The second-order valence-corrected chi connectivity index (χ2v) is 5.81. The van der Waals surface area contributed by atoms with Crippen molar-refractivity contribution < 1.29 is 19.0 Å². The Morgan fingerprint density at radius 2 is 2.35 bits per heavy atom. The number of hydrogen-bond acceptors (Lipinski definition) is 5. The molecule has 1 aromatic rings. The topological polar surface area (TPSA) is 44.8 Å². The number of hydrogen-bond donors (Lipinski definition) is 0.